The van der Waals surface area contributed by atoms with Crippen molar-refractivity contribution in [1.29, 1.82) is 0 Å². The Morgan fingerprint density at radius 1 is 1.12 bits per heavy atom. The van der Waals surface area contributed by atoms with Gasteiger partial charge in [0, 0.05) is 61.6 Å². The van der Waals surface area contributed by atoms with Gasteiger partial charge in [0.15, 0.2) is 0 Å². The Morgan fingerprint density at radius 2 is 1.88 bits per heavy atom. The Bertz CT molecular complexity index is 850. The molecule has 2 unspecified atom stereocenters. The van der Waals surface area contributed by atoms with Gasteiger partial charge in [-0.2, -0.15) is 5.10 Å². The average Bonchev–Trinajstić information content (AvgIpc) is 3.30. The molecule has 1 fully saturated rings. The number of nitrogens with zero attached hydrogens (tertiary/aromatic N) is 3. The number of aliphatic hydroxyl groups excluding tert-OH is 1. The van der Waals surface area contributed by atoms with Crippen molar-refractivity contribution in [2.45, 2.75) is 12.5 Å². The molecule has 2 N–H and O–H groups in total. The fourth-order valence-corrected chi connectivity index (χ4v) is 3.80. The van der Waals surface area contributed by atoms with Crippen molar-refractivity contribution in [3.05, 3.63) is 71.9 Å². The van der Waals surface area contributed by atoms with Crippen LogP contribution >= 0.6 is 0 Å². The predicted molar refractivity (Wildman–Crippen MR) is 96.8 cm³/mol. The second-order valence-corrected chi connectivity index (χ2v) is 6.80. The van der Waals surface area contributed by atoms with Crippen LogP contribution in [-0.4, -0.2) is 44.9 Å². The van der Waals surface area contributed by atoms with E-state index in [2.05, 4.69) is 20.1 Å². The van der Waals surface area contributed by atoms with Crippen molar-refractivity contribution in [2.75, 3.05) is 19.7 Å². The van der Waals surface area contributed by atoms with Gasteiger partial charge in [-0.1, -0.05) is 0 Å². The normalized spacial score (nSPS) is 20.5. The summed E-state index contributed by atoms with van der Waals surface area (Å²) in [6, 6.07) is 10.5. The summed E-state index contributed by atoms with van der Waals surface area (Å²) in [6.07, 6.45) is 5.43. The first-order chi connectivity index (χ1) is 12.7. The van der Waals surface area contributed by atoms with E-state index in [1.807, 2.05) is 18.3 Å². The van der Waals surface area contributed by atoms with Crippen LogP contribution in [0.5, 0.6) is 0 Å². The highest BCUT2D eigenvalue weighted by molar-refractivity contribution is 5.62. The highest BCUT2D eigenvalue weighted by Gasteiger charge is 2.33. The minimum atomic E-state index is -0.250. The number of benzene rings is 1. The fraction of sp³-hybridized carbons (Fsp3) is 0.300. The summed E-state index contributed by atoms with van der Waals surface area (Å²) in [5.74, 6) is 0.253. The highest BCUT2D eigenvalue weighted by Crippen LogP contribution is 2.34. The molecule has 0 spiro atoms. The lowest BCUT2D eigenvalue weighted by molar-refractivity contribution is 0.214. The summed E-state index contributed by atoms with van der Waals surface area (Å²) in [4.78, 5) is 6.42. The molecule has 0 amide bonds. The topological polar surface area (TPSA) is 65.0 Å². The van der Waals surface area contributed by atoms with E-state index in [1.54, 1.807) is 24.5 Å². The summed E-state index contributed by atoms with van der Waals surface area (Å²) >= 11 is 0. The molecule has 1 aliphatic rings. The van der Waals surface area contributed by atoms with Gasteiger partial charge in [-0.15, -0.1) is 0 Å². The molecule has 3 aromatic rings. The van der Waals surface area contributed by atoms with Crippen LogP contribution < -0.4 is 0 Å². The second-order valence-electron chi connectivity index (χ2n) is 6.80. The average molecular weight is 352 g/mol. The lowest BCUT2D eigenvalue weighted by atomic mass is 9.90. The van der Waals surface area contributed by atoms with Crippen LogP contribution in [0.15, 0.2) is 55.0 Å². The number of H-pyrrole nitrogens is 1. The molecule has 6 heteroatoms. The molecule has 0 bridgehead atoms. The standard InChI is InChI=1S/C20H21FN4O/c21-18-3-1-15(2-4-18)20-16(9-23-24-20)10-25-11-17(13-26)19(12-25)14-5-7-22-8-6-14/h1-9,17,19,26H,10-13H2,(H,23,24). The maximum absolute atomic E-state index is 13.2. The van der Waals surface area contributed by atoms with E-state index in [-0.39, 0.29) is 18.3 Å². The zero-order valence-electron chi connectivity index (χ0n) is 14.3. The molecule has 0 aliphatic carbocycles. The van der Waals surface area contributed by atoms with Gasteiger partial charge in [0.2, 0.25) is 0 Å². The number of hydrogen-bond donors (Lipinski definition) is 2. The van der Waals surface area contributed by atoms with Gasteiger partial charge in [-0.25, -0.2) is 4.39 Å². The van der Waals surface area contributed by atoms with Crippen molar-refractivity contribution in [2.24, 2.45) is 5.92 Å². The van der Waals surface area contributed by atoms with Crippen LogP contribution in [0.2, 0.25) is 0 Å². The number of hydrogen-bond acceptors (Lipinski definition) is 4. The molecule has 1 saturated heterocycles. The maximum Gasteiger partial charge on any atom is 0.123 e. The molecule has 2 atom stereocenters. The summed E-state index contributed by atoms with van der Waals surface area (Å²) in [7, 11) is 0. The molecular weight excluding hydrogens is 331 g/mol. The predicted octanol–water partition coefficient (Wildman–Crippen LogP) is 2.82. The van der Waals surface area contributed by atoms with E-state index in [4.69, 9.17) is 0 Å². The molecule has 0 radical (unpaired) electrons. The zero-order valence-corrected chi connectivity index (χ0v) is 14.3. The number of pyridine rings is 1. The van der Waals surface area contributed by atoms with Crippen molar-refractivity contribution < 1.29 is 9.50 Å². The Balaban J connectivity index is 1.52. The SMILES string of the molecule is OCC1CN(Cc2cn[nH]c2-c2ccc(F)cc2)CC1c1ccncc1. The summed E-state index contributed by atoms with van der Waals surface area (Å²) in [5, 5.41) is 17.0. The van der Waals surface area contributed by atoms with E-state index in [0.717, 1.165) is 36.5 Å². The van der Waals surface area contributed by atoms with Gasteiger partial charge in [0.25, 0.3) is 0 Å². The zero-order chi connectivity index (χ0) is 17.9. The van der Waals surface area contributed by atoms with Crippen LogP contribution in [-0.2, 0) is 6.54 Å². The molecule has 26 heavy (non-hydrogen) atoms. The van der Waals surface area contributed by atoms with Gasteiger partial charge in [-0.05, 0) is 42.0 Å². The number of halogens is 1. The number of aromatic nitrogens is 3. The molecule has 1 aliphatic heterocycles. The smallest absolute Gasteiger partial charge is 0.123 e. The Morgan fingerprint density at radius 3 is 2.62 bits per heavy atom. The number of nitrogens with one attached hydrogen (secondary N) is 1. The van der Waals surface area contributed by atoms with Crippen LogP contribution in [0.4, 0.5) is 4.39 Å². The van der Waals surface area contributed by atoms with Gasteiger partial charge in [0.1, 0.15) is 5.82 Å². The second kappa shape index (κ2) is 7.35. The third-order valence-electron chi connectivity index (χ3n) is 5.13. The number of aliphatic hydroxyl groups is 1. The first-order valence-electron chi connectivity index (χ1n) is 8.76. The summed E-state index contributed by atoms with van der Waals surface area (Å²) < 4.78 is 13.2. The van der Waals surface area contributed by atoms with Crippen molar-refractivity contribution in [3.8, 4) is 11.3 Å². The van der Waals surface area contributed by atoms with Gasteiger partial charge >= 0.3 is 0 Å². The van der Waals surface area contributed by atoms with Crippen LogP contribution in [0, 0.1) is 11.7 Å². The van der Waals surface area contributed by atoms with Crippen molar-refractivity contribution >= 4 is 0 Å². The summed E-state index contributed by atoms with van der Waals surface area (Å²) in [6.45, 7) is 2.61. The van der Waals surface area contributed by atoms with Crippen molar-refractivity contribution in [1.82, 2.24) is 20.1 Å². The molecule has 2 aromatic heterocycles. The third-order valence-corrected chi connectivity index (χ3v) is 5.13. The molecule has 4 rings (SSSR count). The van der Waals surface area contributed by atoms with Crippen LogP contribution in [0.25, 0.3) is 11.3 Å². The molecule has 134 valence electrons. The van der Waals surface area contributed by atoms with E-state index in [9.17, 15) is 9.50 Å². The van der Waals surface area contributed by atoms with Crippen molar-refractivity contribution in [3.63, 3.8) is 0 Å². The number of likely N-dealkylation sites (tertiary alicyclic amines) is 1. The van der Waals surface area contributed by atoms with Crippen LogP contribution in [0.1, 0.15) is 17.0 Å². The monoisotopic (exact) mass is 352 g/mol. The molecule has 5 nitrogen and oxygen atoms in total. The largest absolute Gasteiger partial charge is 0.396 e. The Hall–Kier alpha value is -2.57. The fourth-order valence-electron chi connectivity index (χ4n) is 3.80. The van der Waals surface area contributed by atoms with Gasteiger partial charge in [0.05, 0.1) is 11.9 Å². The Kier molecular flexibility index (Phi) is 4.77. The third kappa shape index (κ3) is 3.38. The van der Waals surface area contributed by atoms with Gasteiger partial charge < -0.3 is 5.11 Å². The van der Waals surface area contributed by atoms with E-state index in [1.165, 1.54) is 17.7 Å². The van der Waals surface area contributed by atoms with E-state index >= 15 is 0 Å². The van der Waals surface area contributed by atoms with E-state index in [0.29, 0.717) is 5.92 Å². The molecule has 1 aromatic carbocycles. The lowest BCUT2D eigenvalue weighted by Gasteiger charge is -2.16. The first kappa shape index (κ1) is 16.9. The minimum Gasteiger partial charge on any atom is -0.396 e. The number of rotatable bonds is 5. The minimum absolute atomic E-state index is 0.166. The molecule has 3 heterocycles. The first-order valence-corrected chi connectivity index (χ1v) is 8.76. The summed E-state index contributed by atoms with van der Waals surface area (Å²) in [5.41, 5.74) is 4.12. The maximum atomic E-state index is 13.2. The van der Waals surface area contributed by atoms with E-state index < -0.39 is 0 Å². The van der Waals surface area contributed by atoms with Gasteiger partial charge in [-0.3, -0.25) is 15.0 Å². The lowest BCUT2D eigenvalue weighted by Crippen LogP contribution is -2.21. The number of aromatic amines is 1. The molecular formula is C20H21FN4O. The van der Waals surface area contributed by atoms with Crippen LogP contribution in [0.3, 0.4) is 0 Å². The molecule has 0 saturated carbocycles. The quantitative estimate of drug-likeness (QED) is 0.741. The highest BCUT2D eigenvalue weighted by atomic mass is 19.1. The Labute approximate surface area is 151 Å².